The molecule has 0 saturated heterocycles. The van der Waals surface area contributed by atoms with E-state index in [1.54, 1.807) is 6.92 Å². The van der Waals surface area contributed by atoms with Gasteiger partial charge in [-0.3, -0.25) is 4.79 Å². The van der Waals surface area contributed by atoms with E-state index in [-0.39, 0.29) is 19.1 Å². The molecule has 0 aliphatic carbocycles. The summed E-state index contributed by atoms with van der Waals surface area (Å²) in [5, 5.41) is 5.07. The van der Waals surface area contributed by atoms with Gasteiger partial charge < -0.3 is 19.5 Å². The predicted molar refractivity (Wildman–Crippen MR) is 139 cm³/mol. The number of hydrogen-bond donors (Lipinski definition) is 1. The molecule has 1 N–H and O–H groups in total. The van der Waals surface area contributed by atoms with Gasteiger partial charge in [0.2, 0.25) is 0 Å². The molecule has 0 aliphatic rings. The third-order valence-electron chi connectivity index (χ3n) is 4.89. The van der Waals surface area contributed by atoms with Crippen LogP contribution in [0.4, 0.5) is 5.00 Å². The maximum absolute atomic E-state index is 12.8. The summed E-state index contributed by atoms with van der Waals surface area (Å²) in [4.78, 5) is 25.4. The largest absolute Gasteiger partial charge is 0.494 e. The lowest BCUT2D eigenvalue weighted by atomic mass is 10.0. The van der Waals surface area contributed by atoms with Crippen LogP contribution in [-0.4, -0.2) is 31.7 Å². The van der Waals surface area contributed by atoms with E-state index in [0.717, 1.165) is 28.6 Å². The Labute approximate surface area is 212 Å². The first-order chi connectivity index (χ1) is 16.5. The van der Waals surface area contributed by atoms with Gasteiger partial charge in [0.1, 0.15) is 22.1 Å². The summed E-state index contributed by atoms with van der Waals surface area (Å²) in [6, 6.07) is 13.3. The molecular weight excluding hydrogens is 518 g/mol. The molecule has 1 heterocycles. The van der Waals surface area contributed by atoms with Crippen molar-refractivity contribution in [3.05, 3.63) is 63.4 Å². The number of anilines is 1. The second-order valence-electron chi connectivity index (χ2n) is 7.38. The molecule has 0 fully saturated rings. The third kappa shape index (κ3) is 6.61. The number of carbonyl (C=O) groups is 2. The summed E-state index contributed by atoms with van der Waals surface area (Å²) in [5.74, 6) is 0.480. The Morgan fingerprint density at radius 3 is 2.41 bits per heavy atom. The fraction of sp³-hybridized carbons (Fsp3) is 0.308. The second-order valence-corrected chi connectivity index (χ2v) is 9.12. The zero-order valence-electron chi connectivity index (χ0n) is 19.5. The van der Waals surface area contributed by atoms with Gasteiger partial charge in [-0.1, -0.05) is 31.5 Å². The topological polar surface area (TPSA) is 73.9 Å². The molecular formula is C26H28BrNO5S. The monoisotopic (exact) mass is 545 g/mol. The van der Waals surface area contributed by atoms with Crippen LogP contribution in [0, 0.1) is 0 Å². The first-order valence-corrected chi connectivity index (χ1v) is 12.9. The number of carbonyl (C=O) groups excluding carboxylic acids is 2. The Bertz CT molecular complexity index is 1130. The molecule has 0 unspecified atom stereocenters. The van der Waals surface area contributed by atoms with E-state index in [1.165, 1.54) is 16.9 Å². The highest BCUT2D eigenvalue weighted by Crippen LogP contribution is 2.37. The van der Waals surface area contributed by atoms with Gasteiger partial charge in [-0.25, -0.2) is 4.79 Å². The number of benzene rings is 2. The number of aryl methyl sites for hydroxylation is 1. The van der Waals surface area contributed by atoms with E-state index in [2.05, 4.69) is 28.2 Å². The molecule has 180 valence electrons. The first-order valence-electron chi connectivity index (χ1n) is 11.2. The number of halogens is 1. The van der Waals surface area contributed by atoms with Crippen LogP contribution < -0.4 is 14.8 Å². The number of thiophene rings is 1. The lowest BCUT2D eigenvalue weighted by Crippen LogP contribution is -2.21. The van der Waals surface area contributed by atoms with Crippen molar-refractivity contribution in [3.8, 4) is 22.6 Å². The van der Waals surface area contributed by atoms with Crippen LogP contribution >= 0.6 is 27.3 Å². The standard InChI is InChI=1S/C26H28BrNO5S/c1-4-7-17-8-13-22(21(27)14-17)33-15-23(29)28-25-24(26(30)32-6-3)20(16-34-25)18-9-11-19(12-10-18)31-5-2/h8-14,16H,4-7,15H2,1-3H3,(H,28,29). The Morgan fingerprint density at radius 2 is 1.76 bits per heavy atom. The van der Waals surface area contributed by atoms with Crippen molar-refractivity contribution in [2.45, 2.75) is 33.6 Å². The highest BCUT2D eigenvalue weighted by Gasteiger charge is 2.23. The lowest BCUT2D eigenvalue weighted by Gasteiger charge is -2.11. The average Bonchev–Trinajstić information content (AvgIpc) is 3.23. The molecule has 3 aromatic rings. The third-order valence-corrected chi connectivity index (χ3v) is 6.41. The number of hydrogen-bond acceptors (Lipinski definition) is 6. The minimum Gasteiger partial charge on any atom is -0.494 e. The molecule has 0 bridgehead atoms. The maximum atomic E-state index is 12.8. The molecule has 0 saturated carbocycles. The highest BCUT2D eigenvalue weighted by molar-refractivity contribution is 9.10. The number of rotatable bonds is 11. The quantitative estimate of drug-likeness (QED) is 0.270. The Hall–Kier alpha value is -2.84. The van der Waals surface area contributed by atoms with Gasteiger partial charge in [0.15, 0.2) is 6.61 Å². The Kier molecular flexibility index (Phi) is 9.53. The summed E-state index contributed by atoms with van der Waals surface area (Å²) in [5.41, 5.74) is 3.05. The fourth-order valence-electron chi connectivity index (χ4n) is 3.38. The second kappa shape index (κ2) is 12.6. The van der Waals surface area contributed by atoms with Gasteiger partial charge >= 0.3 is 5.97 Å². The molecule has 0 radical (unpaired) electrons. The van der Waals surface area contributed by atoms with Gasteiger partial charge in [-0.2, -0.15) is 0 Å². The number of amides is 1. The van der Waals surface area contributed by atoms with Crippen LogP contribution in [0.1, 0.15) is 43.1 Å². The molecule has 34 heavy (non-hydrogen) atoms. The van der Waals surface area contributed by atoms with E-state index >= 15 is 0 Å². The SMILES string of the molecule is CCCc1ccc(OCC(=O)Nc2scc(-c3ccc(OCC)cc3)c2C(=O)OCC)c(Br)c1. The zero-order valence-corrected chi connectivity index (χ0v) is 21.9. The van der Waals surface area contributed by atoms with Crippen molar-refractivity contribution in [2.75, 3.05) is 25.1 Å². The van der Waals surface area contributed by atoms with Crippen LogP contribution in [0.5, 0.6) is 11.5 Å². The Morgan fingerprint density at radius 1 is 1.00 bits per heavy atom. The molecule has 8 heteroatoms. The molecule has 1 aromatic heterocycles. The normalized spacial score (nSPS) is 10.6. The van der Waals surface area contributed by atoms with E-state index < -0.39 is 5.97 Å². The summed E-state index contributed by atoms with van der Waals surface area (Å²) in [6.07, 6.45) is 2.03. The lowest BCUT2D eigenvalue weighted by molar-refractivity contribution is -0.118. The average molecular weight is 546 g/mol. The van der Waals surface area contributed by atoms with Gasteiger partial charge in [-0.05, 0) is 71.6 Å². The smallest absolute Gasteiger partial charge is 0.341 e. The van der Waals surface area contributed by atoms with E-state index in [4.69, 9.17) is 14.2 Å². The van der Waals surface area contributed by atoms with Gasteiger partial charge in [0.05, 0.1) is 17.7 Å². The van der Waals surface area contributed by atoms with Crippen LogP contribution in [-0.2, 0) is 16.0 Å². The van der Waals surface area contributed by atoms with Crippen molar-refractivity contribution in [3.63, 3.8) is 0 Å². The van der Waals surface area contributed by atoms with Crippen LogP contribution in [0.2, 0.25) is 0 Å². The van der Waals surface area contributed by atoms with Gasteiger partial charge in [0, 0.05) is 10.9 Å². The van der Waals surface area contributed by atoms with Crippen molar-refractivity contribution in [1.29, 1.82) is 0 Å². The fourth-order valence-corrected chi connectivity index (χ4v) is 4.89. The summed E-state index contributed by atoms with van der Waals surface area (Å²) in [6.45, 7) is 6.41. The van der Waals surface area contributed by atoms with Crippen LogP contribution in [0.3, 0.4) is 0 Å². The first kappa shape index (κ1) is 25.8. The van der Waals surface area contributed by atoms with E-state index in [0.29, 0.717) is 28.5 Å². The number of ether oxygens (including phenoxy) is 3. The van der Waals surface area contributed by atoms with Crippen LogP contribution in [0.15, 0.2) is 52.3 Å². The van der Waals surface area contributed by atoms with Crippen LogP contribution in [0.25, 0.3) is 11.1 Å². The summed E-state index contributed by atoms with van der Waals surface area (Å²) in [7, 11) is 0. The molecule has 0 spiro atoms. The van der Waals surface area contributed by atoms with Crippen molar-refractivity contribution >= 4 is 44.1 Å². The highest BCUT2D eigenvalue weighted by atomic mass is 79.9. The molecule has 0 aliphatic heterocycles. The van der Waals surface area contributed by atoms with Crippen molar-refractivity contribution in [2.24, 2.45) is 0 Å². The van der Waals surface area contributed by atoms with Crippen molar-refractivity contribution < 1.29 is 23.8 Å². The zero-order chi connectivity index (χ0) is 24.5. The molecule has 1 amide bonds. The van der Waals surface area contributed by atoms with E-state index in [1.807, 2.05) is 54.8 Å². The molecule has 2 aromatic carbocycles. The van der Waals surface area contributed by atoms with E-state index in [9.17, 15) is 9.59 Å². The minimum atomic E-state index is -0.488. The summed E-state index contributed by atoms with van der Waals surface area (Å²) >= 11 is 4.77. The molecule has 0 atom stereocenters. The predicted octanol–water partition coefficient (Wildman–Crippen LogP) is 6.72. The molecule has 3 rings (SSSR count). The van der Waals surface area contributed by atoms with Gasteiger partial charge in [-0.15, -0.1) is 11.3 Å². The van der Waals surface area contributed by atoms with Crippen molar-refractivity contribution in [1.82, 2.24) is 0 Å². The minimum absolute atomic E-state index is 0.190. The summed E-state index contributed by atoms with van der Waals surface area (Å²) < 4.78 is 17.3. The van der Waals surface area contributed by atoms with Gasteiger partial charge in [0.25, 0.3) is 5.91 Å². The maximum Gasteiger partial charge on any atom is 0.341 e. The number of esters is 1. The molecule has 6 nitrogen and oxygen atoms in total. The number of nitrogens with one attached hydrogen (secondary N) is 1. The Balaban J connectivity index is 1.75.